The Balaban J connectivity index is 1.54. The minimum atomic E-state index is -0.471. The lowest BCUT2D eigenvalue weighted by atomic mass is 9.94. The van der Waals surface area contributed by atoms with E-state index in [1.54, 1.807) is 24.7 Å². The predicted molar refractivity (Wildman–Crippen MR) is 125 cm³/mol. The molecule has 1 aromatic carbocycles. The van der Waals surface area contributed by atoms with Crippen molar-refractivity contribution in [2.75, 3.05) is 11.1 Å². The van der Waals surface area contributed by atoms with Crippen LogP contribution in [-0.2, 0) is 13.5 Å². The number of anilines is 2. The monoisotopic (exact) mass is 447 g/mol. The first-order valence-electron chi connectivity index (χ1n) is 10.3. The number of fused-ring (bicyclic) bond motifs is 2. The fourth-order valence-corrected chi connectivity index (χ4v) is 5.10. The van der Waals surface area contributed by atoms with Gasteiger partial charge in [-0.05, 0) is 38.0 Å². The summed E-state index contributed by atoms with van der Waals surface area (Å²) in [7, 11) is 1.76. The van der Waals surface area contributed by atoms with Gasteiger partial charge in [0.25, 0.3) is 11.5 Å². The predicted octanol–water partition coefficient (Wildman–Crippen LogP) is 3.45. The van der Waals surface area contributed by atoms with Crippen molar-refractivity contribution in [3.8, 4) is 5.69 Å². The van der Waals surface area contributed by atoms with Crippen LogP contribution in [0.15, 0.2) is 41.2 Å². The lowest BCUT2D eigenvalue weighted by Gasteiger charge is -2.13. The molecule has 32 heavy (non-hydrogen) atoms. The first-order chi connectivity index (χ1) is 15.4. The van der Waals surface area contributed by atoms with Crippen molar-refractivity contribution < 1.29 is 9.59 Å². The molecule has 0 atom stereocenters. The number of carbonyl (C=O) groups excluding carboxylic acids is 2. The molecular formula is C23H21N5O3S. The van der Waals surface area contributed by atoms with E-state index in [9.17, 15) is 14.4 Å². The molecule has 3 N–H and O–H groups in total. The summed E-state index contributed by atoms with van der Waals surface area (Å²) in [6, 6.07) is 11.0. The summed E-state index contributed by atoms with van der Waals surface area (Å²) in [5, 5.41) is 3.35. The molecule has 0 saturated heterocycles. The van der Waals surface area contributed by atoms with Crippen LogP contribution < -0.4 is 16.6 Å². The highest BCUT2D eigenvalue weighted by Crippen LogP contribution is 2.36. The highest BCUT2D eigenvalue weighted by Gasteiger charge is 2.25. The highest BCUT2D eigenvalue weighted by atomic mass is 32.1. The van der Waals surface area contributed by atoms with E-state index >= 15 is 0 Å². The number of benzene rings is 1. The van der Waals surface area contributed by atoms with Crippen LogP contribution in [0.1, 0.15) is 44.3 Å². The quantitative estimate of drug-likeness (QED) is 0.500. The third-order valence-corrected chi connectivity index (χ3v) is 7.03. The van der Waals surface area contributed by atoms with Crippen LogP contribution in [0.3, 0.4) is 0 Å². The van der Waals surface area contributed by atoms with Crippen LogP contribution in [-0.4, -0.2) is 26.0 Å². The number of hydrogen-bond acceptors (Lipinski definition) is 6. The third-order valence-electron chi connectivity index (χ3n) is 5.92. The fraction of sp³-hybridized carbons (Fsp3) is 0.217. The molecular weight excluding hydrogens is 426 g/mol. The lowest BCUT2D eigenvalue weighted by Crippen LogP contribution is -2.22. The molecule has 0 spiro atoms. The minimum absolute atomic E-state index is 0.0543. The number of Topliss-reactive ketones (excluding diaryl/α,β-unsaturated/α-hetero) is 1. The number of nitrogen functional groups attached to an aromatic ring is 1. The van der Waals surface area contributed by atoms with E-state index in [1.807, 2.05) is 30.3 Å². The largest absolute Gasteiger partial charge is 0.397 e. The van der Waals surface area contributed by atoms with Crippen LogP contribution >= 0.6 is 11.3 Å². The van der Waals surface area contributed by atoms with Crippen LogP contribution in [0.4, 0.5) is 11.4 Å². The van der Waals surface area contributed by atoms with Gasteiger partial charge in [0.05, 0.1) is 22.8 Å². The topological polar surface area (TPSA) is 112 Å². The van der Waals surface area contributed by atoms with Gasteiger partial charge < -0.3 is 11.1 Å². The number of amides is 1. The van der Waals surface area contributed by atoms with E-state index in [-0.39, 0.29) is 27.6 Å². The van der Waals surface area contributed by atoms with Gasteiger partial charge in [-0.3, -0.25) is 19.1 Å². The van der Waals surface area contributed by atoms with Gasteiger partial charge in [0.1, 0.15) is 15.4 Å². The molecule has 1 aliphatic rings. The number of nitrogens with one attached hydrogen (secondary N) is 1. The maximum absolute atomic E-state index is 13.1. The molecule has 0 bridgehead atoms. The van der Waals surface area contributed by atoms with Gasteiger partial charge in [-0.15, -0.1) is 11.3 Å². The molecule has 1 aliphatic carbocycles. The molecule has 9 heteroatoms. The summed E-state index contributed by atoms with van der Waals surface area (Å²) >= 11 is 1.17. The number of pyridine rings is 1. The minimum Gasteiger partial charge on any atom is -0.397 e. The third kappa shape index (κ3) is 3.04. The summed E-state index contributed by atoms with van der Waals surface area (Å²) in [6.07, 6.45) is 2.01. The van der Waals surface area contributed by atoms with Gasteiger partial charge in [0, 0.05) is 24.4 Å². The summed E-state index contributed by atoms with van der Waals surface area (Å²) in [5.74, 6) is -0.417. The number of thiophene rings is 1. The first kappa shape index (κ1) is 20.2. The van der Waals surface area contributed by atoms with E-state index in [1.165, 1.54) is 16.0 Å². The Morgan fingerprint density at radius 3 is 2.69 bits per heavy atom. The molecule has 0 unspecified atom stereocenters. The van der Waals surface area contributed by atoms with Gasteiger partial charge >= 0.3 is 0 Å². The van der Waals surface area contributed by atoms with Crippen LogP contribution in [0.2, 0.25) is 0 Å². The Hall–Kier alpha value is -3.72. The number of para-hydroxylation sites is 1. The molecule has 0 saturated carbocycles. The molecule has 3 aromatic heterocycles. The number of carbonyl (C=O) groups is 2. The Labute approximate surface area is 187 Å². The number of aromatic nitrogens is 3. The molecule has 1 amide bonds. The molecule has 0 radical (unpaired) electrons. The van der Waals surface area contributed by atoms with Crippen molar-refractivity contribution in [1.82, 2.24) is 14.3 Å². The van der Waals surface area contributed by atoms with Gasteiger partial charge in [-0.25, -0.2) is 9.67 Å². The Morgan fingerprint density at radius 1 is 1.19 bits per heavy atom. The maximum Gasteiger partial charge on any atom is 0.295 e. The zero-order valence-electron chi connectivity index (χ0n) is 17.6. The first-order valence-corrected chi connectivity index (χ1v) is 11.1. The summed E-state index contributed by atoms with van der Waals surface area (Å²) in [4.78, 5) is 44.0. The summed E-state index contributed by atoms with van der Waals surface area (Å²) in [5.41, 5.74) is 9.08. The van der Waals surface area contributed by atoms with E-state index in [2.05, 4.69) is 10.3 Å². The summed E-state index contributed by atoms with van der Waals surface area (Å²) in [6.45, 7) is 1.77. The lowest BCUT2D eigenvalue weighted by molar-refractivity contribution is 0.0970. The molecule has 8 nitrogen and oxygen atoms in total. The molecule has 4 aromatic rings. The van der Waals surface area contributed by atoms with Gasteiger partial charge in [0.15, 0.2) is 5.78 Å². The Bertz CT molecular complexity index is 1460. The Kier molecular flexibility index (Phi) is 4.70. The van der Waals surface area contributed by atoms with Crippen molar-refractivity contribution in [3.05, 3.63) is 68.6 Å². The standard InChI is InChI=1S/C23H21N5O3S/c1-12-19(23(31)28(27(12)2)13-7-4-3-5-8-13)26-21(30)20-18(24)15-11-14-16(25-22(15)32-20)9-6-10-17(14)29/h3-5,7-8,11H,6,9-10,24H2,1-2H3,(H,26,30). The number of rotatable bonds is 3. The van der Waals surface area contributed by atoms with Crippen molar-refractivity contribution >= 4 is 44.6 Å². The van der Waals surface area contributed by atoms with Gasteiger partial charge in [-0.2, -0.15) is 0 Å². The highest BCUT2D eigenvalue weighted by molar-refractivity contribution is 7.21. The van der Waals surface area contributed by atoms with Crippen molar-refractivity contribution in [3.63, 3.8) is 0 Å². The maximum atomic E-state index is 13.1. The van der Waals surface area contributed by atoms with Crippen molar-refractivity contribution in [2.24, 2.45) is 7.05 Å². The average Bonchev–Trinajstić information content (AvgIpc) is 3.22. The number of nitrogens with zero attached hydrogens (tertiary/aromatic N) is 3. The molecule has 0 fully saturated rings. The summed E-state index contributed by atoms with van der Waals surface area (Å²) < 4.78 is 3.20. The van der Waals surface area contributed by atoms with Crippen LogP contribution in [0, 0.1) is 6.92 Å². The zero-order chi connectivity index (χ0) is 22.6. The second-order valence-corrected chi connectivity index (χ2v) is 8.85. The van der Waals surface area contributed by atoms with Crippen LogP contribution in [0.5, 0.6) is 0 Å². The number of ketones is 1. The molecule has 162 valence electrons. The molecule has 5 rings (SSSR count). The van der Waals surface area contributed by atoms with E-state index in [0.717, 1.165) is 18.5 Å². The van der Waals surface area contributed by atoms with E-state index in [0.29, 0.717) is 33.6 Å². The zero-order valence-corrected chi connectivity index (χ0v) is 18.5. The normalized spacial score (nSPS) is 13.4. The van der Waals surface area contributed by atoms with Gasteiger partial charge in [0.2, 0.25) is 0 Å². The second kappa shape index (κ2) is 7.45. The molecule has 3 heterocycles. The van der Waals surface area contributed by atoms with Crippen LogP contribution in [0.25, 0.3) is 15.9 Å². The number of hydrogen-bond donors (Lipinski definition) is 2. The SMILES string of the molecule is Cc1c(NC(=O)c2sc3nc4c(cc3c2N)C(=O)CCC4)c(=O)n(-c2ccccc2)n1C. The Morgan fingerprint density at radius 2 is 1.94 bits per heavy atom. The van der Waals surface area contributed by atoms with Crippen molar-refractivity contribution in [2.45, 2.75) is 26.2 Å². The molecule has 0 aliphatic heterocycles. The number of nitrogens with two attached hydrogens (primary N) is 1. The van der Waals surface area contributed by atoms with Crippen molar-refractivity contribution in [1.29, 1.82) is 0 Å². The van der Waals surface area contributed by atoms with E-state index in [4.69, 9.17) is 5.73 Å². The number of aryl methyl sites for hydroxylation is 1. The van der Waals surface area contributed by atoms with Gasteiger partial charge in [-0.1, -0.05) is 18.2 Å². The second-order valence-electron chi connectivity index (χ2n) is 7.85. The van der Waals surface area contributed by atoms with E-state index < -0.39 is 5.91 Å². The smallest absolute Gasteiger partial charge is 0.295 e. The fourth-order valence-electron chi connectivity index (χ4n) is 4.11. The average molecular weight is 448 g/mol.